The molecule has 29 heavy (non-hydrogen) atoms. The van der Waals surface area contributed by atoms with Gasteiger partial charge >= 0.3 is 0 Å². The Labute approximate surface area is 171 Å². The molecule has 0 radical (unpaired) electrons. The number of nitrogens with zero attached hydrogens (tertiary/aromatic N) is 3. The molecule has 0 bridgehead atoms. The van der Waals surface area contributed by atoms with Crippen molar-refractivity contribution in [1.82, 2.24) is 14.8 Å². The van der Waals surface area contributed by atoms with Crippen molar-refractivity contribution in [3.8, 4) is 22.9 Å². The van der Waals surface area contributed by atoms with E-state index in [1.54, 1.807) is 25.3 Å². The van der Waals surface area contributed by atoms with Crippen LogP contribution in [0.1, 0.15) is 10.4 Å². The first kappa shape index (κ1) is 19.0. The molecule has 1 amide bonds. The average molecular weight is 410 g/mol. The summed E-state index contributed by atoms with van der Waals surface area (Å²) in [6.45, 7) is -0.0170. The molecule has 4 rings (SSSR count). The van der Waals surface area contributed by atoms with Gasteiger partial charge in [-0.05, 0) is 30.3 Å². The highest BCUT2D eigenvalue weighted by atomic mass is 32.2. The predicted molar refractivity (Wildman–Crippen MR) is 109 cm³/mol. The predicted octanol–water partition coefficient (Wildman–Crippen LogP) is 2.80. The summed E-state index contributed by atoms with van der Waals surface area (Å²) in [4.78, 5) is 24.1. The smallest absolute Gasteiger partial charge is 0.262 e. The van der Waals surface area contributed by atoms with Gasteiger partial charge in [0.25, 0.3) is 5.91 Å². The molecule has 2 heterocycles. The Morgan fingerprint density at radius 1 is 1.28 bits per heavy atom. The Morgan fingerprint density at radius 3 is 2.93 bits per heavy atom. The van der Waals surface area contributed by atoms with Crippen LogP contribution in [0.3, 0.4) is 0 Å². The molecule has 8 nitrogen and oxygen atoms in total. The first-order chi connectivity index (χ1) is 14.1. The molecule has 1 aliphatic heterocycles. The summed E-state index contributed by atoms with van der Waals surface area (Å²) in [5, 5.41) is 11.8. The standard InChI is InChI=1S/C20H18N4O4S/c1-24-19(13-5-3-4-6-16(13)27-2)22-23-20(24)29-11-15(25)12-7-8-17-14(9-12)21-18(26)10-28-17/h3-9H,10-11H2,1-2H3,(H,21,26). The average Bonchev–Trinajstić information content (AvgIpc) is 3.11. The number of carbonyl (C=O) groups excluding carboxylic acids is 2. The molecular weight excluding hydrogens is 392 g/mol. The monoisotopic (exact) mass is 410 g/mol. The zero-order chi connectivity index (χ0) is 20.4. The van der Waals surface area contributed by atoms with E-state index >= 15 is 0 Å². The molecule has 9 heteroatoms. The molecule has 0 fully saturated rings. The van der Waals surface area contributed by atoms with Crippen molar-refractivity contribution < 1.29 is 19.1 Å². The number of aromatic nitrogens is 3. The number of carbonyl (C=O) groups is 2. The number of ether oxygens (including phenoxy) is 2. The lowest BCUT2D eigenvalue weighted by Gasteiger charge is -2.18. The first-order valence-corrected chi connectivity index (χ1v) is 9.81. The summed E-state index contributed by atoms with van der Waals surface area (Å²) < 4.78 is 12.5. The number of anilines is 1. The number of Topliss-reactive ketones (excluding diaryl/α,β-unsaturated/α-hetero) is 1. The van der Waals surface area contributed by atoms with Gasteiger partial charge in [0.1, 0.15) is 11.5 Å². The minimum atomic E-state index is -0.237. The van der Waals surface area contributed by atoms with Gasteiger partial charge in [0.05, 0.1) is 24.1 Å². The SMILES string of the molecule is COc1ccccc1-c1nnc(SCC(=O)c2ccc3c(c2)NC(=O)CO3)n1C. The van der Waals surface area contributed by atoms with Crippen LogP contribution >= 0.6 is 11.8 Å². The van der Waals surface area contributed by atoms with E-state index in [1.807, 2.05) is 35.9 Å². The van der Waals surface area contributed by atoms with Crippen LogP contribution in [-0.4, -0.2) is 45.9 Å². The summed E-state index contributed by atoms with van der Waals surface area (Å²) >= 11 is 1.30. The molecule has 0 spiro atoms. The summed E-state index contributed by atoms with van der Waals surface area (Å²) in [5.74, 6) is 1.79. The second-order valence-electron chi connectivity index (χ2n) is 6.33. The maximum absolute atomic E-state index is 12.6. The van der Waals surface area contributed by atoms with Crippen molar-refractivity contribution in [1.29, 1.82) is 0 Å². The van der Waals surface area contributed by atoms with Crippen LogP contribution in [-0.2, 0) is 11.8 Å². The van der Waals surface area contributed by atoms with Gasteiger partial charge < -0.3 is 19.4 Å². The summed E-state index contributed by atoms with van der Waals surface area (Å²) in [6, 6.07) is 12.6. The number of para-hydroxylation sites is 1. The molecular formula is C20H18N4O4S. The van der Waals surface area contributed by atoms with Gasteiger partial charge in [-0.25, -0.2) is 0 Å². The summed E-state index contributed by atoms with van der Waals surface area (Å²) in [6.07, 6.45) is 0. The molecule has 0 saturated carbocycles. The zero-order valence-corrected chi connectivity index (χ0v) is 16.7. The lowest BCUT2D eigenvalue weighted by Crippen LogP contribution is -2.25. The maximum atomic E-state index is 12.6. The topological polar surface area (TPSA) is 95.3 Å². The number of rotatable bonds is 6. The highest BCUT2D eigenvalue weighted by molar-refractivity contribution is 7.99. The van der Waals surface area contributed by atoms with Crippen LogP contribution in [0.4, 0.5) is 5.69 Å². The fourth-order valence-corrected chi connectivity index (χ4v) is 3.78. The normalized spacial score (nSPS) is 12.7. The second kappa shape index (κ2) is 7.96. The third-order valence-electron chi connectivity index (χ3n) is 4.45. The van der Waals surface area contributed by atoms with E-state index in [4.69, 9.17) is 9.47 Å². The van der Waals surface area contributed by atoms with Crippen molar-refractivity contribution in [3.63, 3.8) is 0 Å². The van der Waals surface area contributed by atoms with Gasteiger partial charge in [-0.3, -0.25) is 9.59 Å². The Morgan fingerprint density at radius 2 is 2.10 bits per heavy atom. The lowest BCUT2D eigenvalue weighted by molar-refractivity contribution is -0.118. The third-order valence-corrected chi connectivity index (χ3v) is 5.47. The number of fused-ring (bicyclic) bond motifs is 1. The third kappa shape index (κ3) is 3.81. The van der Waals surface area contributed by atoms with Crippen LogP contribution in [0.25, 0.3) is 11.4 Å². The largest absolute Gasteiger partial charge is 0.496 e. The van der Waals surface area contributed by atoms with Gasteiger partial charge in [0.2, 0.25) is 0 Å². The Hall–Kier alpha value is -3.33. The minimum absolute atomic E-state index is 0.0170. The molecule has 1 aliphatic rings. The van der Waals surface area contributed by atoms with Crippen LogP contribution in [0, 0.1) is 0 Å². The Bertz CT molecular complexity index is 1100. The van der Waals surface area contributed by atoms with E-state index in [2.05, 4.69) is 15.5 Å². The molecule has 0 saturated heterocycles. The van der Waals surface area contributed by atoms with Gasteiger partial charge in [0.15, 0.2) is 23.4 Å². The number of benzene rings is 2. The lowest BCUT2D eigenvalue weighted by atomic mass is 10.1. The number of thioether (sulfide) groups is 1. The van der Waals surface area contributed by atoms with Gasteiger partial charge in [-0.1, -0.05) is 23.9 Å². The van der Waals surface area contributed by atoms with E-state index < -0.39 is 0 Å². The molecule has 0 aliphatic carbocycles. The minimum Gasteiger partial charge on any atom is -0.496 e. The van der Waals surface area contributed by atoms with E-state index in [9.17, 15) is 9.59 Å². The van der Waals surface area contributed by atoms with E-state index in [0.717, 1.165) is 5.56 Å². The van der Waals surface area contributed by atoms with Crippen LogP contribution in [0.15, 0.2) is 47.6 Å². The highest BCUT2D eigenvalue weighted by Gasteiger charge is 2.19. The summed E-state index contributed by atoms with van der Waals surface area (Å²) in [7, 11) is 3.45. The number of methoxy groups -OCH3 is 1. The van der Waals surface area contributed by atoms with Gasteiger partial charge in [0, 0.05) is 12.6 Å². The van der Waals surface area contributed by atoms with Gasteiger partial charge in [-0.2, -0.15) is 0 Å². The van der Waals surface area contributed by atoms with Crippen LogP contribution in [0.2, 0.25) is 0 Å². The molecule has 3 aromatic rings. The van der Waals surface area contributed by atoms with Crippen LogP contribution < -0.4 is 14.8 Å². The fourth-order valence-electron chi connectivity index (χ4n) is 2.97. The Kier molecular flexibility index (Phi) is 5.22. The highest BCUT2D eigenvalue weighted by Crippen LogP contribution is 2.31. The number of hydrogen-bond acceptors (Lipinski definition) is 7. The first-order valence-electron chi connectivity index (χ1n) is 8.82. The number of ketones is 1. The fraction of sp³-hybridized carbons (Fsp3) is 0.200. The van der Waals surface area contributed by atoms with Gasteiger partial charge in [-0.15, -0.1) is 10.2 Å². The quantitative estimate of drug-likeness (QED) is 0.493. The molecule has 0 atom stereocenters. The van der Waals surface area contributed by atoms with E-state index in [-0.39, 0.29) is 24.1 Å². The number of hydrogen-bond donors (Lipinski definition) is 1. The van der Waals surface area contributed by atoms with Crippen molar-refractivity contribution in [3.05, 3.63) is 48.0 Å². The molecule has 148 valence electrons. The number of nitrogens with one attached hydrogen (secondary N) is 1. The van der Waals surface area contributed by atoms with Crippen LogP contribution in [0.5, 0.6) is 11.5 Å². The van der Waals surface area contributed by atoms with Crippen molar-refractivity contribution in [2.75, 3.05) is 24.8 Å². The molecule has 1 N–H and O–H groups in total. The molecule has 1 aromatic heterocycles. The van der Waals surface area contributed by atoms with E-state index in [1.165, 1.54) is 11.8 Å². The summed E-state index contributed by atoms with van der Waals surface area (Å²) in [5.41, 5.74) is 1.83. The van der Waals surface area contributed by atoms with E-state index in [0.29, 0.717) is 33.7 Å². The maximum Gasteiger partial charge on any atom is 0.262 e. The van der Waals surface area contributed by atoms with Crippen molar-refractivity contribution in [2.24, 2.45) is 7.05 Å². The molecule has 0 unspecified atom stereocenters. The Balaban J connectivity index is 1.49. The van der Waals surface area contributed by atoms with Crippen molar-refractivity contribution >= 4 is 29.1 Å². The number of amides is 1. The molecule has 2 aromatic carbocycles. The van der Waals surface area contributed by atoms with Crippen molar-refractivity contribution in [2.45, 2.75) is 5.16 Å². The zero-order valence-electron chi connectivity index (χ0n) is 15.8. The second-order valence-corrected chi connectivity index (χ2v) is 7.27.